The molecule has 0 N–H and O–H groups in total. The van der Waals surface area contributed by atoms with Gasteiger partial charge in [0.05, 0.1) is 0 Å². The average molecular weight is 871 g/mol. The van der Waals surface area contributed by atoms with Crippen molar-refractivity contribution in [3.05, 3.63) is 190 Å². The molecule has 0 unspecified atom stereocenters. The van der Waals surface area contributed by atoms with Crippen molar-refractivity contribution < 1.29 is 70.6 Å². The van der Waals surface area contributed by atoms with Gasteiger partial charge in [0, 0.05) is 79.2 Å². The van der Waals surface area contributed by atoms with Gasteiger partial charge in [-0.05, 0) is 72.7 Å². The van der Waals surface area contributed by atoms with E-state index in [-0.39, 0.29) is 66.6 Å². The normalized spacial score (nSPS) is 9.71. The van der Waals surface area contributed by atoms with Gasteiger partial charge in [0.25, 0.3) is 0 Å². The zero-order valence-corrected chi connectivity index (χ0v) is 35.6. The Morgan fingerprint density at radius 3 is 1.14 bits per heavy atom. The number of carbonyl (C=O) groups is 2. The molecule has 0 bridgehead atoms. The van der Waals surface area contributed by atoms with Crippen molar-refractivity contribution in [3.8, 4) is 0 Å². The van der Waals surface area contributed by atoms with Gasteiger partial charge in [0.1, 0.15) is 0 Å². The number of anilines is 2. The van der Waals surface area contributed by atoms with E-state index in [0.717, 1.165) is 25.0 Å². The van der Waals surface area contributed by atoms with Crippen LogP contribution >= 0.6 is 23.2 Å². The number of unbranched alkanes of at least 4 members (excludes halogenated alkanes) is 2. The number of hydrogen-bond acceptors (Lipinski definition) is 2. The Kier molecular flexibility index (Phi) is 24.9. The summed E-state index contributed by atoms with van der Waals surface area (Å²) in [6.45, 7) is 4.62. The van der Waals surface area contributed by atoms with Gasteiger partial charge in [-0.3, -0.25) is 9.59 Å². The molecule has 6 aromatic carbocycles. The Hall–Kier alpha value is -3.75. The molecule has 0 radical (unpaired) electrons. The fraction of sp³-hybridized carbons (Fsp3) is 0.182. The number of halogens is 6. The monoisotopic (exact) mass is 870 g/mol. The molecule has 2 amide bonds. The van der Waals surface area contributed by atoms with Crippen LogP contribution in [0, 0.1) is 35.4 Å². The second-order valence-corrected chi connectivity index (χ2v) is 12.4. The summed E-state index contributed by atoms with van der Waals surface area (Å²) in [7, 11) is 0. The molecule has 0 saturated carbocycles. The van der Waals surface area contributed by atoms with E-state index in [1.807, 2.05) is 86.6 Å². The topological polar surface area (TPSA) is 40.6 Å². The maximum atomic E-state index is 14.0. The molecule has 0 aromatic heterocycles. The minimum absolute atomic E-state index is 0. The van der Waals surface area contributed by atoms with Crippen molar-refractivity contribution in [2.24, 2.45) is 0 Å². The van der Waals surface area contributed by atoms with Gasteiger partial charge in [-0.1, -0.05) is 49.9 Å². The van der Waals surface area contributed by atoms with Crippen LogP contribution in [0.3, 0.4) is 0 Å². The summed E-state index contributed by atoms with van der Waals surface area (Å²) < 4.78 is 54.0. The Bertz CT molecular complexity index is 1790. The molecule has 56 heavy (non-hydrogen) atoms. The summed E-state index contributed by atoms with van der Waals surface area (Å²) in [5, 5.41) is 1.02. The van der Waals surface area contributed by atoms with Crippen LogP contribution in [0.1, 0.15) is 60.2 Å². The van der Waals surface area contributed by atoms with Gasteiger partial charge in [-0.25, -0.2) is 41.8 Å². The molecule has 4 nitrogen and oxygen atoms in total. The van der Waals surface area contributed by atoms with E-state index in [1.54, 1.807) is 48.5 Å². The molecule has 288 valence electrons. The fourth-order valence-corrected chi connectivity index (χ4v) is 4.97. The van der Waals surface area contributed by atoms with Gasteiger partial charge >= 0.3 is 21.7 Å². The van der Waals surface area contributed by atoms with Crippen LogP contribution in [0.25, 0.3) is 0 Å². The first-order valence-electron chi connectivity index (χ1n) is 17.3. The first-order chi connectivity index (χ1) is 26.0. The van der Waals surface area contributed by atoms with Crippen LogP contribution in [0.5, 0.6) is 0 Å². The van der Waals surface area contributed by atoms with E-state index in [9.17, 15) is 27.2 Å². The second kappa shape index (κ2) is 27.8. The molecule has 0 aliphatic rings. The summed E-state index contributed by atoms with van der Waals surface area (Å²) in [5.41, 5.74) is 0.832. The molecule has 0 aliphatic heterocycles. The Labute approximate surface area is 366 Å². The SMILES string of the molecule is CCCCN(C(=O)c1ccc(Cl)cc1)c1ccc(F)[c-]c1F.CCCCN(C(=O)c1ccc(Cl)cc1)c1ccc(F)[c-]c1F.[Ti+4].[Ti].c1cc[cH-]c1.c1cc[cH-]c1. The molecule has 6 aromatic rings. The third kappa shape index (κ3) is 17.2. The van der Waals surface area contributed by atoms with E-state index < -0.39 is 23.3 Å². The van der Waals surface area contributed by atoms with Crippen LogP contribution in [0.4, 0.5) is 28.9 Å². The van der Waals surface area contributed by atoms with E-state index >= 15 is 0 Å². The maximum absolute atomic E-state index is 14.0. The average Bonchev–Trinajstić information content (AvgIpc) is 3.95. The van der Waals surface area contributed by atoms with Crippen LogP contribution in [0.15, 0.2) is 133 Å². The Morgan fingerprint density at radius 1 is 0.571 bits per heavy atom. The summed E-state index contributed by atoms with van der Waals surface area (Å²) in [6.07, 6.45) is 3.10. The number of benzene rings is 4. The number of nitrogens with zero attached hydrogens (tertiary/aromatic N) is 2. The zero-order chi connectivity index (χ0) is 39.3. The van der Waals surface area contributed by atoms with Gasteiger partial charge in [0.15, 0.2) is 0 Å². The van der Waals surface area contributed by atoms with Crippen LogP contribution in [-0.2, 0) is 43.4 Å². The Morgan fingerprint density at radius 2 is 0.893 bits per heavy atom. The first-order valence-corrected chi connectivity index (χ1v) is 18.0. The molecule has 0 heterocycles. The van der Waals surface area contributed by atoms with E-state index in [0.29, 0.717) is 47.1 Å². The molecular formula is C44H40Cl2F4N2O2Ti2. The van der Waals surface area contributed by atoms with Gasteiger partial charge in [-0.15, -0.1) is 36.4 Å². The molecule has 0 spiro atoms. The maximum Gasteiger partial charge on any atom is 4.00 e. The minimum atomic E-state index is -0.876. The van der Waals surface area contributed by atoms with Gasteiger partial charge < -0.3 is 9.80 Å². The van der Waals surface area contributed by atoms with Crippen LogP contribution in [-0.4, -0.2) is 24.9 Å². The van der Waals surface area contributed by atoms with Gasteiger partial charge in [-0.2, -0.15) is 36.4 Å². The van der Waals surface area contributed by atoms with Crippen molar-refractivity contribution in [2.75, 3.05) is 22.9 Å². The zero-order valence-electron chi connectivity index (χ0n) is 30.9. The number of carbonyl (C=O) groups excluding carboxylic acids is 2. The predicted octanol–water partition coefficient (Wildman–Crippen LogP) is 12.5. The molecule has 0 saturated heterocycles. The third-order valence-electron chi connectivity index (χ3n) is 7.52. The van der Waals surface area contributed by atoms with E-state index in [2.05, 4.69) is 0 Å². The van der Waals surface area contributed by atoms with Crippen LogP contribution in [0.2, 0.25) is 10.0 Å². The predicted molar refractivity (Wildman–Crippen MR) is 211 cm³/mol. The van der Waals surface area contributed by atoms with Crippen molar-refractivity contribution in [1.29, 1.82) is 0 Å². The summed E-state index contributed by atoms with van der Waals surface area (Å²) >= 11 is 11.6. The second-order valence-electron chi connectivity index (χ2n) is 11.6. The number of amides is 2. The molecule has 0 atom stereocenters. The van der Waals surface area contributed by atoms with Crippen molar-refractivity contribution in [2.45, 2.75) is 39.5 Å². The smallest absolute Gasteiger partial charge is 0.359 e. The largest absolute Gasteiger partial charge is 4.00 e. The number of hydrogen-bond donors (Lipinski definition) is 0. The van der Waals surface area contributed by atoms with Crippen molar-refractivity contribution >= 4 is 46.4 Å². The first kappa shape index (κ1) is 50.3. The third-order valence-corrected chi connectivity index (χ3v) is 8.02. The van der Waals surface area contributed by atoms with Crippen molar-refractivity contribution in [1.82, 2.24) is 0 Å². The Balaban J connectivity index is 0.000000434. The molecule has 0 aliphatic carbocycles. The molecular weight excluding hydrogens is 831 g/mol. The van der Waals surface area contributed by atoms with Gasteiger partial charge in [0.2, 0.25) is 11.8 Å². The van der Waals surface area contributed by atoms with E-state index in [1.165, 1.54) is 21.9 Å². The standard InChI is InChI=1S/2C17H15ClF2NO.2C5H5.2Ti/c2*1-2-3-10-21(16-9-8-14(19)11-15(16)20)17(22)12-4-6-13(18)7-5-12;2*1-2-4-5-3-1;;/h2*4-9H,2-3,10H2,1H3;2*1-5H;;/q4*-1;;+4. The summed E-state index contributed by atoms with van der Waals surface area (Å²) in [4.78, 5) is 27.8. The minimum Gasteiger partial charge on any atom is -0.359 e. The number of rotatable bonds is 10. The van der Waals surface area contributed by atoms with Crippen molar-refractivity contribution in [3.63, 3.8) is 0 Å². The molecule has 6 rings (SSSR count). The molecule has 0 fully saturated rings. The van der Waals surface area contributed by atoms with E-state index in [4.69, 9.17) is 23.2 Å². The fourth-order valence-electron chi connectivity index (χ4n) is 4.72. The summed E-state index contributed by atoms with van der Waals surface area (Å²) in [5.74, 6) is -4.06. The molecule has 12 heteroatoms. The quantitative estimate of drug-likeness (QED) is 0.0782. The van der Waals surface area contributed by atoms with Crippen LogP contribution < -0.4 is 9.80 Å². The summed E-state index contributed by atoms with van der Waals surface area (Å²) in [6, 6.07) is 41.3.